The predicted octanol–water partition coefficient (Wildman–Crippen LogP) is 2.11. The summed E-state index contributed by atoms with van der Waals surface area (Å²) in [6, 6.07) is 8.74. The molecule has 0 aromatic heterocycles. The Kier molecular flexibility index (Phi) is 6.11. The van der Waals surface area contributed by atoms with Crippen LogP contribution < -0.4 is 10.6 Å². The van der Waals surface area contributed by atoms with Crippen molar-refractivity contribution in [2.24, 2.45) is 0 Å². The van der Waals surface area contributed by atoms with Crippen LogP contribution in [0.5, 0.6) is 0 Å². The third kappa shape index (κ3) is 5.11. The van der Waals surface area contributed by atoms with Gasteiger partial charge in [0.2, 0.25) is 0 Å². The van der Waals surface area contributed by atoms with Crippen molar-refractivity contribution < 1.29 is 0 Å². The van der Waals surface area contributed by atoms with Crippen LogP contribution in [-0.4, -0.2) is 44.2 Å². The Morgan fingerprint density at radius 2 is 2.11 bits per heavy atom. The van der Waals surface area contributed by atoms with Crippen LogP contribution in [0.4, 0.5) is 0 Å². The van der Waals surface area contributed by atoms with E-state index in [9.17, 15) is 0 Å². The first-order valence-corrected chi connectivity index (χ1v) is 7.50. The van der Waals surface area contributed by atoms with E-state index in [0.717, 1.165) is 24.7 Å². The number of hydrogen-bond donors (Lipinski definition) is 2. The molecule has 1 fully saturated rings. The van der Waals surface area contributed by atoms with Crippen LogP contribution in [0.3, 0.4) is 0 Å². The van der Waals surface area contributed by atoms with Crippen LogP contribution in [0.25, 0.3) is 0 Å². The Bertz CT molecular complexity index is 375. The summed E-state index contributed by atoms with van der Waals surface area (Å²) in [5, 5.41) is 7.67. The summed E-state index contributed by atoms with van der Waals surface area (Å²) in [5.74, 6) is 0. The fraction of sp³-hybridized carbons (Fsp3) is 0.600. The molecule has 2 N–H and O–H groups in total. The number of hydrogen-bond acceptors (Lipinski definition) is 3. The second-order valence-electron chi connectivity index (χ2n) is 5.23. The molecule has 1 aliphatic rings. The summed E-state index contributed by atoms with van der Waals surface area (Å²) < 4.78 is 0. The maximum Gasteiger partial charge on any atom is 0.0409 e. The van der Waals surface area contributed by atoms with Crippen LogP contribution in [0, 0.1) is 0 Å². The second-order valence-corrected chi connectivity index (χ2v) is 5.67. The quantitative estimate of drug-likeness (QED) is 0.836. The zero-order valence-electron chi connectivity index (χ0n) is 11.7. The topological polar surface area (TPSA) is 27.3 Å². The lowest BCUT2D eigenvalue weighted by Crippen LogP contribution is -2.44. The van der Waals surface area contributed by atoms with Gasteiger partial charge in [-0.3, -0.25) is 0 Å². The Morgan fingerprint density at radius 3 is 2.79 bits per heavy atom. The predicted molar refractivity (Wildman–Crippen MR) is 81.7 cm³/mol. The van der Waals surface area contributed by atoms with Crippen molar-refractivity contribution in [2.45, 2.75) is 25.4 Å². The highest BCUT2D eigenvalue weighted by molar-refractivity contribution is 6.30. The summed E-state index contributed by atoms with van der Waals surface area (Å²) in [6.45, 7) is 5.57. The largest absolute Gasteiger partial charge is 0.318 e. The molecule has 1 saturated heterocycles. The van der Waals surface area contributed by atoms with E-state index >= 15 is 0 Å². The molecule has 4 heteroatoms. The van der Waals surface area contributed by atoms with Gasteiger partial charge in [0.15, 0.2) is 0 Å². The van der Waals surface area contributed by atoms with E-state index in [-0.39, 0.29) is 0 Å². The van der Waals surface area contributed by atoms with Gasteiger partial charge in [0.1, 0.15) is 0 Å². The first-order chi connectivity index (χ1) is 9.28. The molecule has 0 aliphatic carbocycles. The molecule has 0 spiro atoms. The highest BCUT2D eigenvalue weighted by Gasteiger charge is 2.17. The zero-order valence-corrected chi connectivity index (χ0v) is 12.4. The van der Waals surface area contributed by atoms with Crippen molar-refractivity contribution in [3.05, 3.63) is 34.9 Å². The summed E-state index contributed by atoms with van der Waals surface area (Å²) in [7, 11) is 2.01. The molecule has 3 nitrogen and oxygen atoms in total. The molecule has 106 valence electrons. The van der Waals surface area contributed by atoms with Crippen molar-refractivity contribution in [1.29, 1.82) is 0 Å². The van der Waals surface area contributed by atoms with Gasteiger partial charge < -0.3 is 15.5 Å². The third-order valence-corrected chi connectivity index (χ3v) is 3.98. The average molecular weight is 282 g/mol. The molecule has 0 bridgehead atoms. The lowest BCUT2D eigenvalue weighted by atomic mass is 10.0. The maximum absolute atomic E-state index is 5.99. The van der Waals surface area contributed by atoms with Crippen LogP contribution in [0.15, 0.2) is 24.3 Å². The minimum atomic E-state index is 0.643. The number of nitrogens with one attached hydrogen (secondary N) is 2. The third-order valence-electron chi connectivity index (χ3n) is 3.75. The molecular weight excluding hydrogens is 258 g/mol. The Hall–Kier alpha value is -0.610. The number of halogens is 1. The minimum absolute atomic E-state index is 0.643. The molecule has 0 atom stereocenters. The molecule has 1 aromatic rings. The first kappa shape index (κ1) is 14.8. The summed E-state index contributed by atoms with van der Waals surface area (Å²) in [6.07, 6.45) is 2.48. The Morgan fingerprint density at radius 1 is 1.32 bits per heavy atom. The lowest BCUT2D eigenvalue weighted by Gasteiger charge is -2.32. The minimum Gasteiger partial charge on any atom is -0.318 e. The maximum atomic E-state index is 5.99. The first-order valence-electron chi connectivity index (χ1n) is 7.12. The monoisotopic (exact) mass is 281 g/mol. The van der Waals surface area contributed by atoms with Gasteiger partial charge in [-0.25, -0.2) is 0 Å². The van der Waals surface area contributed by atoms with Crippen molar-refractivity contribution in [3.8, 4) is 0 Å². The molecule has 0 unspecified atom stereocenters. The average Bonchev–Trinajstić information content (AvgIpc) is 2.44. The van der Waals surface area contributed by atoms with Gasteiger partial charge in [0, 0.05) is 30.7 Å². The van der Waals surface area contributed by atoms with Gasteiger partial charge in [0.25, 0.3) is 0 Å². The molecule has 1 aromatic carbocycles. The van der Waals surface area contributed by atoms with Crippen molar-refractivity contribution in [3.63, 3.8) is 0 Å². The second kappa shape index (κ2) is 7.85. The summed E-state index contributed by atoms with van der Waals surface area (Å²) in [5.41, 5.74) is 1.27. The summed E-state index contributed by atoms with van der Waals surface area (Å²) in [4.78, 5) is 2.54. The molecule has 1 heterocycles. The van der Waals surface area contributed by atoms with E-state index in [4.69, 9.17) is 11.6 Å². The Labute approximate surface area is 121 Å². The number of piperidine rings is 1. The van der Waals surface area contributed by atoms with Crippen molar-refractivity contribution in [1.82, 2.24) is 15.5 Å². The molecule has 0 saturated carbocycles. The number of nitrogens with zero attached hydrogens (tertiary/aromatic N) is 1. The van der Waals surface area contributed by atoms with Crippen LogP contribution in [0.2, 0.25) is 5.02 Å². The smallest absolute Gasteiger partial charge is 0.0409 e. The van der Waals surface area contributed by atoms with E-state index in [1.54, 1.807) is 0 Å². The molecule has 19 heavy (non-hydrogen) atoms. The number of likely N-dealkylation sites (tertiary alicyclic amines) is 1. The van der Waals surface area contributed by atoms with Crippen LogP contribution >= 0.6 is 11.6 Å². The number of rotatable bonds is 6. The molecule has 2 rings (SSSR count). The zero-order chi connectivity index (χ0) is 13.5. The van der Waals surface area contributed by atoms with E-state index in [2.05, 4.69) is 21.6 Å². The number of likely N-dealkylation sites (N-methyl/N-ethyl adjacent to an activating group) is 1. The van der Waals surface area contributed by atoms with E-state index in [1.807, 2.05) is 25.2 Å². The van der Waals surface area contributed by atoms with Gasteiger partial charge in [-0.15, -0.1) is 0 Å². The van der Waals surface area contributed by atoms with Crippen LogP contribution in [-0.2, 0) is 6.54 Å². The van der Waals surface area contributed by atoms with E-state index < -0.39 is 0 Å². The fourth-order valence-corrected chi connectivity index (χ4v) is 2.75. The highest BCUT2D eigenvalue weighted by Crippen LogP contribution is 2.13. The number of benzene rings is 1. The standard InChI is InChI=1S/C15H24ClN3/c1-17-7-10-19-8-5-15(6-9-19)18-12-13-3-2-4-14(16)11-13/h2-4,11,15,17-18H,5-10,12H2,1H3. The molecule has 0 amide bonds. The fourth-order valence-electron chi connectivity index (χ4n) is 2.54. The molecule has 1 aliphatic heterocycles. The van der Waals surface area contributed by atoms with Gasteiger partial charge in [-0.2, -0.15) is 0 Å². The van der Waals surface area contributed by atoms with Gasteiger partial charge in [0.05, 0.1) is 0 Å². The van der Waals surface area contributed by atoms with Crippen LogP contribution in [0.1, 0.15) is 18.4 Å². The molecule has 0 radical (unpaired) electrons. The van der Waals surface area contributed by atoms with Gasteiger partial charge in [-0.1, -0.05) is 23.7 Å². The Balaban J connectivity index is 1.68. The highest BCUT2D eigenvalue weighted by atomic mass is 35.5. The van der Waals surface area contributed by atoms with Gasteiger partial charge in [-0.05, 0) is 50.7 Å². The normalized spacial score (nSPS) is 17.8. The van der Waals surface area contributed by atoms with Gasteiger partial charge >= 0.3 is 0 Å². The van der Waals surface area contributed by atoms with E-state index in [0.29, 0.717) is 6.04 Å². The van der Waals surface area contributed by atoms with E-state index in [1.165, 1.54) is 31.5 Å². The van der Waals surface area contributed by atoms with Crippen molar-refractivity contribution in [2.75, 3.05) is 33.2 Å². The SMILES string of the molecule is CNCCN1CCC(NCc2cccc(Cl)c2)CC1. The van der Waals surface area contributed by atoms with Crippen molar-refractivity contribution >= 4 is 11.6 Å². The molecular formula is C15H24ClN3. The lowest BCUT2D eigenvalue weighted by molar-refractivity contribution is 0.199. The summed E-state index contributed by atoms with van der Waals surface area (Å²) >= 11 is 5.99.